The Morgan fingerprint density at radius 3 is 2.47 bits per heavy atom. The number of hydrogen-bond donors (Lipinski definition) is 0. The van der Waals surface area contributed by atoms with Gasteiger partial charge in [0.25, 0.3) is 0 Å². The molecule has 0 saturated carbocycles. The average molecular weight is 229 g/mol. The molecule has 93 valence electrons. The van der Waals surface area contributed by atoms with Gasteiger partial charge in [-0.3, -0.25) is 0 Å². The maximum atomic E-state index is 3.43. The molecule has 0 aromatic heterocycles. The van der Waals surface area contributed by atoms with Crippen LogP contribution in [-0.4, -0.2) is 0 Å². The van der Waals surface area contributed by atoms with Gasteiger partial charge in [0, 0.05) is 0 Å². The molecule has 0 spiro atoms. The summed E-state index contributed by atoms with van der Waals surface area (Å²) >= 11 is 0. The Balaban J connectivity index is 2.51. The molecule has 1 rings (SSSR count). The lowest BCUT2D eigenvalue weighted by Gasteiger charge is -2.07. The second-order valence-electron chi connectivity index (χ2n) is 4.88. The van der Waals surface area contributed by atoms with E-state index in [1.54, 1.807) is 0 Å². The van der Waals surface area contributed by atoms with Gasteiger partial charge in [0.2, 0.25) is 0 Å². The van der Waals surface area contributed by atoms with E-state index in [0.29, 0.717) is 0 Å². The highest BCUT2D eigenvalue weighted by molar-refractivity contribution is 5.41. The number of benzene rings is 1. The Hall–Kier alpha value is -1.04. The van der Waals surface area contributed by atoms with Crippen molar-refractivity contribution in [2.75, 3.05) is 0 Å². The largest absolute Gasteiger partial charge is 0.0760 e. The van der Waals surface area contributed by atoms with Crippen molar-refractivity contribution < 1.29 is 0 Å². The van der Waals surface area contributed by atoms with Gasteiger partial charge in [-0.25, -0.2) is 0 Å². The van der Waals surface area contributed by atoms with E-state index in [2.05, 4.69) is 52.0 Å². The molecule has 0 fully saturated rings. The summed E-state index contributed by atoms with van der Waals surface area (Å²) in [4.78, 5) is 0. The molecule has 0 aliphatic heterocycles. The minimum atomic E-state index is 1.16. The van der Waals surface area contributed by atoms with E-state index in [4.69, 9.17) is 0 Å². The molecule has 1 radical (unpaired) electrons. The first-order chi connectivity index (χ1) is 8.16. The van der Waals surface area contributed by atoms with E-state index >= 15 is 0 Å². The summed E-state index contributed by atoms with van der Waals surface area (Å²) in [6.07, 6.45) is 12.1. The predicted molar refractivity (Wildman–Crippen MR) is 76.3 cm³/mol. The van der Waals surface area contributed by atoms with Crippen LogP contribution in [0.25, 0.3) is 0 Å². The molecule has 0 unspecified atom stereocenters. The predicted octanol–water partition coefficient (Wildman–Crippen LogP) is 5.29. The van der Waals surface area contributed by atoms with Crippen molar-refractivity contribution >= 4 is 0 Å². The van der Waals surface area contributed by atoms with E-state index < -0.39 is 0 Å². The quantitative estimate of drug-likeness (QED) is 0.581. The fourth-order valence-electron chi connectivity index (χ4n) is 1.97. The Morgan fingerprint density at radius 1 is 1.00 bits per heavy atom. The lowest BCUT2D eigenvalue weighted by Crippen LogP contribution is -1.90. The third-order valence-corrected chi connectivity index (χ3v) is 3.52. The monoisotopic (exact) mass is 229 g/mol. The maximum absolute atomic E-state index is 3.43. The Kier molecular flexibility index (Phi) is 6.04. The molecule has 1 aromatic rings. The number of unbranched alkanes of at least 4 members (excludes halogenated alkanes) is 4. The molecule has 0 amide bonds. The lowest BCUT2D eigenvalue weighted by atomic mass is 9.98. The Bertz CT molecular complexity index is 372. The van der Waals surface area contributed by atoms with Crippen molar-refractivity contribution in [1.82, 2.24) is 0 Å². The van der Waals surface area contributed by atoms with Gasteiger partial charge in [-0.1, -0.05) is 44.4 Å². The zero-order valence-corrected chi connectivity index (χ0v) is 11.8. The summed E-state index contributed by atoms with van der Waals surface area (Å²) in [5.74, 6) is 0. The molecule has 0 heteroatoms. The van der Waals surface area contributed by atoms with Crippen molar-refractivity contribution in [2.45, 2.75) is 59.8 Å². The highest BCUT2D eigenvalue weighted by atomic mass is 14.1. The van der Waals surface area contributed by atoms with Crippen molar-refractivity contribution in [3.8, 4) is 0 Å². The van der Waals surface area contributed by atoms with Crippen molar-refractivity contribution in [1.29, 1.82) is 0 Å². The molecule has 0 heterocycles. The first kappa shape index (κ1) is 14.0. The minimum absolute atomic E-state index is 1.16. The standard InChI is InChI=1S/C17H25/c1-5-6-7-8-9-10-11-17-13-12-14(2)15(3)16(17)4/h10,12-13H,5-9H2,1-4H3. The first-order valence-electron chi connectivity index (χ1n) is 6.81. The Labute approximate surface area is 107 Å². The van der Waals surface area contributed by atoms with Crippen LogP contribution >= 0.6 is 0 Å². The molecule has 17 heavy (non-hydrogen) atoms. The zero-order chi connectivity index (χ0) is 12.7. The zero-order valence-electron chi connectivity index (χ0n) is 11.8. The third-order valence-electron chi connectivity index (χ3n) is 3.52. The number of rotatable bonds is 6. The van der Waals surface area contributed by atoms with Gasteiger partial charge in [0.15, 0.2) is 0 Å². The summed E-state index contributed by atoms with van der Waals surface area (Å²) in [6.45, 7) is 8.80. The normalized spacial score (nSPS) is 11.3. The average Bonchev–Trinajstić information content (AvgIpc) is 2.33. The molecular weight excluding hydrogens is 204 g/mol. The second kappa shape index (κ2) is 7.32. The van der Waals surface area contributed by atoms with Crippen molar-refractivity contribution in [3.05, 3.63) is 46.5 Å². The third kappa shape index (κ3) is 4.38. The molecule has 0 aliphatic rings. The van der Waals surface area contributed by atoms with E-state index in [-0.39, 0.29) is 0 Å². The highest BCUT2D eigenvalue weighted by Gasteiger charge is 2.00. The number of allylic oxidation sites excluding steroid dienone is 1. The van der Waals surface area contributed by atoms with Crippen LogP contribution in [0.2, 0.25) is 0 Å². The first-order valence-corrected chi connectivity index (χ1v) is 6.81. The van der Waals surface area contributed by atoms with E-state index in [0.717, 1.165) is 6.42 Å². The lowest BCUT2D eigenvalue weighted by molar-refractivity contribution is 0.674. The van der Waals surface area contributed by atoms with Crippen LogP contribution in [0.3, 0.4) is 0 Å². The van der Waals surface area contributed by atoms with E-state index in [1.165, 1.54) is 47.9 Å². The summed E-state index contributed by atoms with van der Waals surface area (Å²) in [5, 5.41) is 0. The van der Waals surface area contributed by atoms with Crippen LogP contribution in [-0.2, 0) is 0 Å². The number of hydrogen-bond acceptors (Lipinski definition) is 0. The summed E-state index contributed by atoms with van der Waals surface area (Å²) in [5.41, 5.74) is 5.39. The van der Waals surface area contributed by atoms with Gasteiger partial charge >= 0.3 is 0 Å². The van der Waals surface area contributed by atoms with Gasteiger partial charge in [-0.05, 0) is 61.9 Å². The fraction of sp³-hybridized carbons (Fsp3) is 0.529. The van der Waals surface area contributed by atoms with Crippen LogP contribution in [0.1, 0.15) is 61.3 Å². The molecular formula is C17H25. The highest BCUT2D eigenvalue weighted by Crippen LogP contribution is 2.17. The van der Waals surface area contributed by atoms with Crippen LogP contribution in [0.4, 0.5) is 0 Å². The molecule has 1 aromatic carbocycles. The molecule has 0 N–H and O–H groups in total. The second-order valence-corrected chi connectivity index (χ2v) is 4.88. The Morgan fingerprint density at radius 2 is 1.76 bits per heavy atom. The van der Waals surface area contributed by atoms with Gasteiger partial charge < -0.3 is 0 Å². The summed E-state index contributed by atoms with van der Waals surface area (Å²) < 4.78 is 0. The molecule has 0 bridgehead atoms. The topological polar surface area (TPSA) is 0 Å². The summed E-state index contributed by atoms with van der Waals surface area (Å²) in [7, 11) is 0. The fourth-order valence-corrected chi connectivity index (χ4v) is 1.97. The van der Waals surface area contributed by atoms with E-state index in [9.17, 15) is 0 Å². The summed E-state index contributed by atoms with van der Waals surface area (Å²) in [6, 6.07) is 4.37. The molecule has 0 nitrogen and oxygen atoms in total. The maximum Gasteiger partial charge on any atom is -0.0146 e. The smallest absolute Gasteiger partial charge is 0.0146 e. The minimum Gasteiger partial charge on any atom is -0.0760 e. The van der Waals surface area contributed by atoms with Gasteiger partial charge in [0.1, 0.15) is 0 Å². The van der Waals surface area contributed by atoms with Gasteiger partial charge in [-0.15, -0.1) is 0 Å². The van der Waals surface area contributed by atoms with Crippen molar-refractivity contribution in [3.63, 3.8) is 0 Å². The van der Waals surface area contributed by atoms with Crippen LogP contribution in [0, 0.1) is 26.8 Å². The van der Waals surface area contributed by atoms with Gasteiger partial charge in [0.05, 0.1) is 0 Å². The SMILES string of the molecule is CCCCCC/C=[C]\c1ccc(C)c(C)c1C. The van der Waals surface area contributed by atoms with Crippen LogP contribution < -0.4 is 0 Å². The number of aryl methyl sites for hydroxylation is 1. The van der Waals surface area contributed by atoms with Crippen LogP contribution in [0.15, 0.2) is 18.2 Å². The van der Waals surface area contributed by atoms with Crippen LogP contribution in [0.5, 0.6) is 0 Å². The van der Waals surface area contributed by atoms with Crippen molar-refractivity contribution in [2.24, 2.45) is 0 Å². The molecule has 0 atom stereocenters. The molecule has 0 aliphatic carbocycles. The van der Waals surface area contributed by atoms with E-state index in [1.807, 2.05) is 0 Å². The van der Waals surface area contributed by atoms with Gasteiger partial charge in [-0.2, -0.15) is 0 Å². The molecule has 0 saturated heterocycles.